The van der Waals surface area contributed by atoms with Crippen LogP contribution < -0.4 is 9.46 Å². The molecule has 10 heteroatoms. The Balaban J connectivity index is 2.38. The third-order valence-corrected chi connectivity index (χ3v) is 5.97. The maximum atomic E-state index is 14.8. The van der Waals surface area contributed by atoms with Gasteiger partial charge in [-0.2, -0.15) is 0 Å². The van der Waals surface area contributed by atoms with Crippen LogP contribution in [0, 0.1) is 5.82 Å². The van der Waals surface area contributed by atoms with E-state index >= 15 is 0 Å². The van der Waals surface area contributed by atoms with Crippen molar-refractivity contribution in [2.45, 2.75) is 44.9 Å². The zero-order valence-electron chi connectivity index (χ0n) is 16.2. The highest BCUT2D eigenvalue weighted by Gasteiger charge is 2.24. The van der Waals surface area contributed by atoms with Crippen molar-refractivity contribution in [3.63, 3.8) is 0 Å². The highest BCUT2D eigenvalue weighted by Crippen LogP contribution is 2.39. The Morgan fingerprint density at radius 1 is 1.24 bits per heavy atom. The van der Waals surface area contributed by atoms with E-state index in [1.165, 1.54) is 24.4 Å². The van der Waals surface area contributed by atoms with Crippen LogP contribution in [0.5, 0.6) is 5.75 Å². The molecule has 0 spiro atoms. The summed E-state index contributed by atoms with van der Waals surface area (Å²) >= 11 is 12.1. The van der Waals surface area contributed by atoms with Crippen LogP contribution in [0.1, 0.15) is 39.4 Å². The van der Waals surface area contributed by atoms with Crippen LogP contribution in [0.2, 0.25) is 10.0 Å². The van der Waals surface area contributed by atoms with Crippen LogP contribution in [-0.4, -0.2) is 27.0 Å². The van der Waals surface area contributed by atoms with Gasteiger partial charge in [-0.3, -0.25) is 4.98 Å². The number of hydrogen-bond donors (Lipinski definition) is 1. The molecule has 1 aromatic heterocycles. The second kappa shape index (κ2) is 9.64. The fraction of sp³-hybridized carbons (Fsp3) is 0.421. The SMILES string of the molecule is C[C@@H](NS(=O)C(C)(C)C)c1ncc(-c2cc(Cl)cc(Cl)c2OCC(F)F)cc1F. The van der Waals surface area contributed by atoms with Crippen LogP contribution in [0.4, 0.5) is 13.2 Å². The molecular weight excluding hydrogens is 448 g/mol. The van der Waals surface area contributed by atoms with E-state index in [9.17, 15) is 17.4 Å². The van der Waals surface area contributed by atoms with Crippen LogP contribution in [-0.2, 0) is 11.0 Å². The van der Waals surface area contributed by atoms with Gasteiger partial charge in [-0.05, 0) is 45.9 Å². The third-order valence-electron chi connectivity index (χ3n) is 3.79. The Bertz CT molecular complexity index is 908. The second-order valence-corrected chi connectivity index (χ2v) is 10.1. The fourth-order valence-electron chi connectivity index (χ4n) is 2.38. The van der Waals surface area contributed by atoms with Gasteiger partial charge in [0.05, 0.1) is 32.5 Å². The summed E-state index contributed by atoms with van der Waals surface area (Å²) in [5.41, 5.74) is 0.554. The summed E-state index contributed by atoms with van der Waals surface area (Å²) in [6, 6.07) is 3.33. The summed E-state index contributed by atoms with van der Waals surface area (Å²) < 4.78 is 59.5. The lowest BCUT2D eigenvalue weighted by Gasteiger charge is -2.22. The Morgan fingerprint density at radius 2 is 1.90 bits per heavy atom. The van der Waals surface area contributed by atoms with Gasteiger partial charge in [0, 0.05) is 22.3 Å². The standard InChI is InChI=1S/C19H21Cl2F3N2O2S/c1-10(26-29(27)19(2,3)4)17-15(22)5-11(8-25-17)13-6-12(20)7-14(21)18(13)28-9-16(23)24/h5-8,10,16,26H,9H2,1-4H3/t10-,29?/m1/s1. The lowest BCUT2D eigenvalue weighted by molar-refractivity contribution is 0.0822. The number of nitrogens with one attached hydrogen (secondary N) is 1. The van der Waals surface area contributed by atoms with E-state index in [4.69, 9.17) is 27.9 Å². The molecule has 2 rings (SSSR count). The van der Waals surface area contributed by atoms with Crippen molar-refractivity contribution in [3.05, 3.63) is 46.0 Å². The number of pyridine rings is 1. The molecule has 0 aliphatic heterocycles. The summed E-state index contributed by atoms with van der Waals surface area (Å²) in [6.45, 7) is 6.14. The summed E-state index contributed by atoms with van der Waals surface area (Å²) in [5.74, 6) is -0.699. The summed E-state index contributed by atoms with van der Waals surface area (Å²) in [6.07, 6.45) is -1.35. The van der Waals surface area contributed by atoms with Gasteiger partial charge >= 0.3 is 0 Å². The molecule has 0 aliphatic rings. The van der Waals surface area contributed by atoms with E-state index < -0.39 is 40.6 Å². The molecule has 0 saturated carbocycles. The van der Waals surface area contributed by atoms with E-state index in [-0.39, 0.29) is 32.6 Å². The van der Waals surface area contributed by atoms with Gasteiger partial charge in [-0.15, -0.1) is 0 Å². The molecule has 0 aliphatic carbocycles. The van der Waals surface area contributed by atoms with Crippen LogP contribution >= 0.6 is 23.2 Å². The van der Waals surface area contributed by atoms with Gasteiger partial charge in [0.15, 0.2) is 0 Å². The average Bonchev–Trinajstić information content (AvgIpc) is 2.59. The van der Waals surface area contributed by atoms with E-state index in [1.54, 1.807) is 27.7 Å². The minimum Gasteiger partial charge on any atom is -0.485 e. The van der Waals surface area contributed by atoms with Crippen LogP contribution in [0.3, 0.4) is 0 Å². The van der Waals surface area contributed by atoms with Gasteiger partial charge in [0.25, 0.3) is 6.43 Å². The molecule has 160 valence electrons. The Labute approximate surface area is 180 Å². The first-order valence-electron chi connectivity index (χ1n) is 8.64. The number of benzene rings is 1. The lowest BCUT2D eigenvalue weighted by atomic mass is 10.0. The topological polar surface area (TPSA) is 51.2 Å². The van der Waals surface area contributed by atoms with Crippen LogP contribution in [0.15, 0.2) is 24.4 Å². The number of nitrogens with zero attached hydrogens (tertiary/aromatic N) is 1. The summed E-state index contributed by atoms with van der Waals surface area (Å²) in [5, 5.41) is 0.253. The average molecular weight is 469 g/mol. The highest BCUT2D eigenvalue weighted by molar-refractivity contribution is 7.84. The first kappa shape index (κ1) is 23.9. The van der Waals surface area contributed by atoms with Gasteiger partial charge in [-0.1, -0.05) is 23.2 Å². The molecule has 0 saturated heterocycles. The first-order chi connectivity index (χ1) is 13.4. The number of rotatable bonds is 7. The van der Waals surface area contributed by atoms with Crippen LogP contribution in [0.25, 0.3) is 11.1 Å². The number of alkyl halides is 2. The maximum absolute atomic E-state index is 14.8. The smallest absolute Gasteiger partial charge is 0.272 e. The molecule has 0 amide bonds. The van der Waals surface area contributed by atoms with Gasteiger partial charge in [0.1, 0.15) is 18.2 Å². The van der Waals surface area contributed by atoms with Crippen molar-refractivity contribution in [2.75, 3.05) is 6.61 Å². The van der Waals surface area contributed by atoms with E-state index in [2.05, 4.69) is 9.71 Å². The zero-order chi connectivity index (χ0) is 21.9. The van der Waals surface area contributed by atoms with Crippen molar-refractivity contribution in [3.8, 4) is 16.9 Å². The highest BCUT2D eigenvalue weighted by atomic mass is 35.5. The minimum atomic E-state index is -2.71. The van der Waals surface area contributed by atoms with Crippen molar-refractivity contribution in [1.29, 1.82) is 0 Å². The zero-order valence-corrected chi connectivity index (χ0v) is 18.6. The minimum absolute atomic E-state index is 0.0215. The monoisotopic (exact) mass is 468 g/mol. The van der Waals surface area contributed by atoms with Gasteiger partial charge in [-0.25, -0.2) is 22.1 Å². The normalized spacial score (nSPS) is 14.1. The van der Waals surface area contributed by atoms with E-state index in [0.29, 0.717) is 0 Å². The molecule has 1 aromatic carbocycles. The molecule has 0 radical (unpaired) electrons. The molecule has 0 fully saturated rings. The molecule has 1 heterocycles. The predicted octanol–water partition coefficient (Wildman–Crippen LogP) is 5.95. The van der Waals surface area contributed by atoms with E-state index in [0.717, 1.165) is 0 Å². The van der Waals surface area contributed by atoms with Crippen molar-refractivity contribution in [1.82, 2.24) is 9.71 Å². The van der Waals surface area contributed by atoms with Crippen molar-refractivity contribution in [2.24, 2.45) is 0 Å². The summed E-state index contributed by atoms with van der Waals surface area (Å²) in [4.78, 5) is 4.12. The molecule has 29 heavy (non-hydrogen) atoms. The number of halogens is 5. The Kier molecular flexibility index (Phi) is 7.95. The molecular formula is C19H21Cl2F3N2O2S. The predicted molar refractivity (Wildman–Crippen MR) is 111 cm³/mol. The number of aromatic nitrogens is 1. The van der Waals surface area contributed by atoms with Crippen molar-refractivity contribution >= 4 is 34.2 Å². The van der Waals surface area contributed by atoms with Gasteiger partial charge in [0.2, 0.25) is 0 Å². The fourth-order valence-corrected chi connectivity index (χ4v) is 3.71. The van der Waals surface area contributed by atoms with Crippen molar-refractivity contribution < 1.29 is 22.1 Å². The number of hydrogen-bond acceptors (Lipinski definition) is 3. The third kappa shape index (κ3) is 6.31. The molecule has 1 N–H and O–H groups in total. The molecule has 2 aromatic rings. The Hall–Kier alpha value is -1.35. The number of ether oxygens (including phenoxy) is 1. The maximum Gasteiger partial charge on any atom is 0.272 e. The summed E-state index contributed by atoms with van der Waals surface area (Å²) in [7, 11) is -1.42. The quantitative estimate of drug-likeness (QED) is 0.545. The lowest BCUT2D eigenvalue weighted by Crippen LogP contribution is -2.35. The molecule has 2 atom stereocenters. The molecule has 4 nitrogen and oxygen atoms in total. The molecule has 0 bridgehead atoms. The largest absolute Gasteiger partial charge is 0.485 e. The molecule has 1 unspecified atom stereocenters. The first-order valence-corrected chi connectivity index (χ1v) is 10.5. The van der Waals surface area contributed by atoms with E-state index in [1.807, 2.05) is 0 Å². The Morgan fingerprint density at radius 3 is 2.45 bits per heavy atom. The van der Waals surface area contributed by atoms with Gasteiger partial charge < -0.3 is 4.74 Å². The second-order valence-electron chi connectivity index (χ2n) is 7.28.